The smallest absolute Gasteiger partial charge is 0.194 e. The van der Waals surface area contributed by atoms with Crippen LogP contribution in [-0.2, 0) is 0 Å². The van der Waals surface area contributed by atoms with E-state index < -0.39 is 17.5 Å². The topological polar surface area (TPSA) is 29.3 Å². The molecule has 3 atom stereocenters. The van der Waals surface area contributed by atoms with Crippen LogP contribution in [0.2, 0.25) is 0 Å². The van der Waals surface area contributed by atoms with Crippen LogP contribution in [0.15, 0.2) is 12.1 Å². The lowest BCUT2D eigenvalue weighted by molar-refractivity contribution is 0.0979. The number of nitrogens with zero attached hydrogens (tertiary/aromatic N) is 1. The van der Waals surface area contributed by atoms with Gasteiger partial charge in [-0.3, -0.25) is 4.90 Å². The Bertz CT molecular complexity index is 455. The van der Waals surface area contributed by atoms with Crippen molar-refractivity contribution in [2.45, 2.75) is 26.3 Å². The third-order valence-electron chi connectivity index (χ3n) is 4.42. The highest BCUT2D eigenvalue weighted by Gasteiger charge is 2.29. The Kier molecular flexibility index (Phi) is 4.70. The minimum Gasteiger partial charge on any atom is -0.329 e. The zero-order valence-electron chi connectivity index (χ0n) is 11.9. The molecule has 1 fully saturated rings. The monoisotopic (exact) mass is 286 g/mol. The molecule has 1 aromatic carbocycles. The number of halogens is 3. The lowest BCUT2D eigenvalue weighted by Gasteiger charge is -2.40. The Labute approximate surface area is 117 Å². The van der Waals surface area contributed by atoms with E-state index in [2.05, 4.69) is 18.7 Å². The van der Waals surface area contributed by atoms with Crippen LogP contribution in [0.1, 0.15) is 31.9 Å². The van der Waals surface area contributed by atoms with Gasteiger partial charge in [-0.15, -0.1) is 0 Å². The zero-order valence-corrected chi connectivity index (χ0v) is 11.9. The van der Waals surface area contributed by atoms with Gasteiger partial charge in [-0.05, 0) is 42.5 Å². The first-order valence-corrected chi connectivity index (χ1v) is 7.02. The maximum atomic E-state index is 13.4. The first kappa shape index (κ1) is 15.3. The minimum absolute atomic E-state index is 0.256. The number of likely N-dealkylation sites (tertiary alicyclic amines) is 1. The van der Waals surface area contributed by atoms with Crippen LogP contribution in [0.3, 0.4) is 0 Å². The van der Waals surface area contributed by atoms with Crippen molar-refractivity contribution in [3.63, 3.8) is 0 Å². The molecule has 3 unspecified atom stereocenters. The SMILES string of the molecule is CC1CCN(C(CN)c2cc(F)c(F)c(F)c2)CC1C. The van der Waals surface area contributed by atoms with Crippen LogP contribution in [0.5, 0.6) is 0 Å². The Morgan fingerprint density at radius 3 is 2.30 bits per heavy atom. The molecule has 1 heterocycles. The summed E-state index contributed by atoms with van der Waals surface area (Å²) < 4.78 is 39.8. The van der Waals surface area contributed by atoms with Gasteiger partial charge in [0.2, 0.25) is 0 Å². The summed E-state index contributed by atoms with van der Waals surface area (Å²) in [5.41, 5.74) is 6.18. The Morgan fingerprint density at radius 2 is 1.80 bits per heavy atom. The normalized spacial score (nSPS) is 25.7. The van der Waals surface area contributed by atoms with E-state index in [1.54, 1.807) is 0 Å². The highest BCUT2D eigenvalue weighted by Crippen LogP contribution is 2.30. The maximum absolute atomic E-state index is 13.4. The van der Waals surface area contributed by atoms with E-state index in [0.29, 0.717) is 17.4 Å². The minimum atomic E-state index is -1.43. The van der Waals surface area contributed by atoms with Crippen molar-refractivity contribution in [3.05, 3.63) is 35.1 Å². The quantitative estimate of drug-likeness (QED) is 0.865. The van der Waals surface area contributed by atoms with E-state index in [1.807, 2.05) is 0 Å². The number of benzene rings is 1. The fourth-order valence-corrected chi connectivity index (χ4v) is 2.84. The largest absolute Gasteiger partial charge is 0.329 e. The van der Waals surface area contributed by atoms with E-state index in [9.17, 15) is 13.2 Å². The molecule has 112 valence electrons. The van der Waals surface area contributed by atoms with Crippen molar-refractivity contribution in [1.29, 1.82) is 0 Å². The van der Waals surface area contributed by atoms with E-state index in [-0.39, 0.29) is 12.6 Å². The summed E-state index contributed by atoms with van der Waals surface area (Å²) in [4.78, 5) is 2.14. The van der Waals surface area contributed by atoms with Crippen LogP contribution < -0.4 is 5.73 Å². The highest BCUT2D eigenvalue weighted by atomic mass is 19.2. The maximum Gasteiger partial charge on any atom is 0.194 e. The second-order valence-corrected chi connectivity index (χ2v) is 5.79. The van der Waals surface area contributed by atoms with Gasteiger partial charge in [-0.25, -0.2) is 13.2 Å². The molecule has 0 bridgehead atoms. The van der Waals surface area contributed by atoms with Gasteiger partial charge in [0.05, 0.1) is 0 Å². The van der Waals surface area contributed by atoms with Gasteiger partial charge in [-0.2, -0.15) is 0 Å². The summed E-state index contributed by atoms with van der Waals surface area (Å²) in [6.07, 6.45) is 1.03. The Morgan fingerprint density at radius 1 is 1.20 bits per heavy atom. The number of hydrogen-bond donors (Lipinski definition) is 1. The summed E-state index contributed by atoms with van der Waals surface area (Å²) in [6.45, 7) is 6.30. The second-order valence-electron chi connectivity index (χ2n) is 5.79. The van der Waals surface area contributed by atoms with Gasteiger partial charge in [-0.1, -0.05) is 13.8 Å². The molecule has 0 saturated carbocycles. The van der Waals surface area contributed by atoms with Crippen molar-refractivity contribution < 1.29 is 13.2 Å². The lowest BCUT2D eigenvalue weighted by atomic mass is 9.87. The molecular formula is C15H21F3N2. The van der Waals surface area contributed by atoms with Gasteiger partial charge in [0.15, 0.2) is 17.5 Å². The summed E-state index contributed by atoms with van der Waals surface area (Å²) in [5, 5.41) is 0. The standard InChI is InChI=1S/C15H21F3N2/c1-9-3-4-20(8-10(9)2)14(7-19)11-5-12(16)15(18)13(17)6-11/h5-6,9-10,14H,3-4,7-8,19H2,1-2H3. The molecule has 0 radical (unpaired) electrons. The number of rotatable bonds is 3. The fraction of sp³-hybridized carbons (Fsp3) is 0.600. The average Bonchev–Trinajstić information content (AvgIpc) is 2.41. The molecule has 1 aromatic rings. The highest BCUT2D eigenvalue weighted by molar-refractivity contribution is 5.23. The predicted octanol–water partition coefficient (Wildman–Crippen LogP) is 3.08. The van der Waals surface area contributed by atoms with E-state index in [4.69, 9.17) is 5.73 Å². The van der Waals surface area contributed by atoms with E-state index >= 15 is 0 Å². The molecule has 1 saturated heterocycles. The van der Waals surface area contributed by atoms with Gasteiger partial charge in [0, 0.05) is 19.1 Å². The number of nitrogens with two attached hydrogens (primary N) is 1. The van der Waals surface area contributed by atoms with Gasteiger partial charge in [0.1, 0.15) is 0 Å². The summed E-state index contributed by atoms with van der Waals surface area (Å²) in [6, 6.07) is 1.84. The molecule has 2 N–H and O–H groups in total. The summed E-state index contributed by atoms with van der Waals surface area (Å²) in [5.74, 6) is -2.60. The van der Waals surface area contributed by atoms with Gasteiger partial charge >= 0.3 is 0 Å². The zero-order chi connectivity index (χ0) is 14.9. The van der Waals surface area contributed by atoms with Gasteiger partial charge < -0.3 is 5.73 Å². The van der Waals surface area contributed by atoms with Crippen molar-refractivity contribution in [1.82, 2.24) is 4.90 Å². The molecule has 0 amide bonds. The third kappa shape index (κ3) is 2.99. The molecule has 20 heavy (non-hydrogen) atoms. The Hall–Kier alpha value is -1.07. The molecule has 1 aliphatic rings. The molecule has 5 heteroatoms. The summed E-state index contributed by atoms with van der Waals surface area (Å²) >= 11 is 0. The fourth-order valence-electron chi connectivity index (χ4n) is 2.84. The van der Waals surface area contributed by atoms with E-state index in [1.165, 1.54) is 0 Å². The van der Waals surface area contributed by atoms with Crippen molar-refractivity contribution in [2.24, 2.45) is 17.6 Å². The molecule has 0 aromatic heterocycles. The predicted molar refractivity (Wildman–Crippen MR) is 72.6 cm³/mol. The van der Waals surface area contributed by atoms with Gasteiger partial charge in [0.25, 0.3) is 0 Å². The first-order chi connectivity index (χ1) is 9.43. The number of hydrogen-bond acceptors (Lipinski definition) is 2. The molecule has 0 spiro atoms. The van der Waals surface area contributed by atoms with Crippen LogP contribution in [0.4, 0.5) is 13.2 Å². The summed E-state index contributed by atoms with van der Waals surface area (Å²) in [7, 11) is 0. The lowest BCUT2D eigenvalue weighted by Crippen LogP contribution is -2.43. The van der Waals surface area contributed by atoms with Crippen LogP contribution in [0.25, 0.3) is 0 Å². The molecule has 1 aliphatic heterocycles. The second kappa shape index (κ2) is 6.14. The third-order valence-corrected chi connectivity index (χ3v) is 4.42. The number of piperidine rings is 1. The van der Waals surface area contributed by atoms with E-state index in [0.717, 1.165) is 31.6 Å². The molecule has 0 aliphatic carbocycles. The van der Waals surface area contributed by atoms with Crippen molar-refractivity contribution in [3.8, 4) is 0 Å². The molecule has 2 rings (SSSR count). The van der Waals surface area contributed by atoms with Crippen LogP contribution >= 0.6 is 0 Å². The van der Waals surface area contributed by atoms with Crippen LogP contribution in [0, 0.1) is 29.3 Å². The van der Waals surface area contributed by atoms with Crippen molar-refractivity contribution >= 4 is 0 Å². The molecular weight excluding hydrogens is 265 g/mol. The van der Waals surface area contributed by atoms with Crippen molar-refractivity contribution in [2.75, 3.05) is 19.6 Å². The molecule has 2 nitrogen and oxygen atoms in total. The first-order valence-electron chi connectivity index (χ1n) is 7.02. The van der Waals surface area contributed by atoms with Crippen LogP contribution in [-0.4, -0.2) is 24.5 Å². The Balaban J connectivity index is 2.24. The average molecular weight is 286 g/mol.